The van der Waals surface area contributed by atoms with Crippen LogP contribution >= 0.6 is 0 Å². The Labute approximate surface area is 150 Å². The van der Waals surface area contributed by atoms with Crippen LogP contribution in [0.15, 0.2) is 23.2 Å². The number of ether oxygens (including phenoxy) is 2. The molecule has 0 saturated heterocycles. The van der Waals surface area contributed by atoms with Gasteiger partial charge in [-0.2, -0.15) is 10.3 Å². The number of nitrogens with zero attached hydrogens (tertiary/aromatic N) is 2. The molecule has 1 saturated carbocycles. The number of aliphatic imine (C=N–C) groups is 1. The molecule has 1 aromatic rings. The maximum atomic E-state index is 9.26. The second-order valence-corrected chi connectivity index (χ2v) is 7.24. The van der Waals surface area contributed by atoms with E-state index in [0.29, 0.717) is 6.10 Å². The van der Waals surface area contributed by atoms with E-state index in [9.17, 15) is 5.26 Å². The Morgan fingerprint density at radius 3 is 2.80 bits per heavy atom. The van der Waals surface area contributed by atoms with Crippen LogP contribution in [0.25, 0.3) is 0 Å². The second-order valence-electron chi connectivity index (χ2n) is 7.24. The highest BCUT2D eigenvalue weighted by atomic mass is 16.5. The van der Waals surface area contributed by atoms with Gasteiger partial charge in [-0.05, 0) is 69.1 Å². The van der Waals surface area contributed by atoms with E-state index in [0.717, 1.165) is 63.9 Å². The standard InChI is InChI=1S/C21H28N2O2/c1-3-25-12-4-5-16-6-7-17-14-21(10-8-18(24-2)9-11-21)20(23-15-22)19(17)13-16/h6-7,13,18H,3-5,8-12,14H2,1-2H3/b23-20+/t18-,21-. The van der Waals surface area contributed by atoms with Crippen LogP contribution in [0.1, 0.15) is 55.7 Å². The van der Waals surface area contributed by atoms with E-state index in [4.69, 9.17) is 9.47 Å². The van der Waals surface area contributed by atoms with Crippen molar-refractivity contribution in [2.24, 2.45) is 10.4 Å². The fourth-order valence-corrected chi connectivity index (χ4v) is 4.43. The van der Waals surface area contributed by atoms with E-state index in [2.05, 4.69) is 29.4 Å². The van der Waals surface area contributed by atoms with Crippen molar-refractivity contribution in [3.05, 3.63) is 34.9 Å². The number of benzene rings is 1. The third kappa shape index (κ3) is 3.78. The zero-order valence-electron chi connectivity index (χ0n) is 15.4. The highest BCUT2D eigenvalue weighted by Gasteiger charge is 2.45. The Bertz CT molecular complexity index is 667. The molecule has 1 aromatic carbocycles. The van der Waals surface area contributed by atoms with Crippen LogP contribution in [-0.4, -0.2) is 32.1 Å². The summed E-state index contributed by atoms with van der Waals surface area (Å²) in [4.78, 5) is 4.30. The van der Waals surface area contributed by atoms with Gasteiger partial charge in [0.2, 0.25) is 6.19 Å². The highest BCUT2D eigenvalue weighted by molar-refractivity contribution is 6.09. The van der Waals surface area contributed by atoms with Crippen molar-refractivity contribution in [3.8, 4) is 6.19 Å². The third-order valence-electron chi connectivity index (χ3n) is 5.80. The molecule has 0 amide bonds. The minimum Gasteiger partial charge on any atom is -0.382 e. The van der Waals surface area contributed by atoms with E-state index in [1.165, 1.54) is 16.7 Å². The SMILES string of the molecule is CCOCCCc1ccc2c(c1)/C(=N\C#N)[C@]1(CC[C@H](OC)CC1)C2. The van der Waals surface area contributed by atoms with E-state index in [-0.39, 0.29) is 5.41 Å². The number of rotatable bonds is 6. The smallest absolute Gasteiger partial charge is 0.205 e. The molecule has 134 valence electrons. The lowest BCUT2D eigenvalue weighted by atomic mass is 9.70. The molecule has 0 unspecified atom stereocenters. The van der Waals surface area contributed by atoms with Crippen molar-refractivity contribution in [2.45, 2.75) is 58.0 Å². The highest BCUT2D eigenvalue weighted by Crippen LogP contribution is 2.48. The predicted octanol–water partition coefficient (Wildman–Crippen LogP) is 4.06. The molecule has 0 atom stereocenters. The van der Waals surface area contributed by atoms with Crippen molar-refractivity contribution < 1.29 is 9.47 Å². The van der Waals surface area contributed by atoms with Crippen LogP contribution in [0.3, 0.4) is 0 Å². The van der Waals surface area contributed by atoms with Crippen molar-refractivity contribution in [1.82, 2.24) is 0 Å². The van der Waals surface area contributed by atoms with Gasteiger partial charge < -0.3 is 9.47 Å². The van der Waals surface area contributed by atoms with Gasteiger partial charge in [-0.15, -0.1) is 0 Å². The minimum atomic E-state index is 0.0387. The Balaban J connectivity index is 1.80. The van der Waals surface area contributed by atoms with Crippen LogP contribution in [0.2, 0.25) is 0 Å². The molecule has 25 heavy (non-hydrogen) atoms. The monoisotopic (exact) mass is 340 g/mol. The summed E-state index contributed by atoms with van der Waals surface area (Å²) in [5.74, 6) is 0. The zero-order valence-corrected chi connectivity index (χ0v) is 15.4. The number of nitriles is 1. The van der Waals surface area contributed by atoms with Gasteiger partial charge in [0.25, 0.3) is 0 Å². The summed E-state index contributed by atoms with van der Waals surface area (Å²) in [7, 11) is 1.80. The lowest BCUT2D eigenvalue weighted by molar-refractivity contribution is 0.0468. The molecule has 0 heterocycles. The molecule has 0 aliphatic heterocycles. The van der Waals surface area contributed by atoms with Gasteiger partial charge in [0, 0.05) is 31.3 Å². The summed E-state index contributed by atoms with van der Waals surface area (Å²) in [6.07, 6.45) is 9.68. The Hall–Kier alpha value is -1.70. The lowest BCUT2D eigenvalue weighted by Crippen LogP contribution is -2.35. The maximum absolute atomic E-state index is 9.26. The van der Waals surface area contributed by atoms with Gasteiger partial charge in [-0.1, -0.05) is 12.1 Å². The fourth-order valence-electron chi connectivity index (χ4n) is 4.43. The van der Waals surface area contributed by atoms with Gasteiger partial charge in [-0.3, -0.25) is 0 Å². The average Bonchev–Trinajstić information content (AvgIpc) is 2.93. The lowest BCUT2D eigenvalue weighted by Gasteiger charge is -2.36. The summed E-state index contributed by atoms with van der Waals surface area (Å²) in [6, 6.07) is 6.73. The number of hydrogen-bond donors (Lipinski definition) is 0. The summed E-state index contributed by atoms with van der Waals surface area (Å²) >= 11 is 0. The summed E-state index contributed by atoms with van der Waals surface area (Å²) < 4.78 is 11.0. The van der Waals surface area contributed by atoms with Crippen LogP contribution in [-0.2, 0) is 22.3 Å². The Kier molecular flexibility index (Phi) is 5.88. The van der Waals surface area contributed by atoms with Crippen molar-refractivity contribution in [2.75, 3.05) is 20.3 Å². The third-order valence-corrected chi connectivity index (χ3v) is 5.80. The van der Waals surface area contributed by atoms with Gasteiger partial charge in [0.05, 0.1) is 11.8 Å². The Morgan fingerprint density at radius 1 is 1.32 bits per heavy atom. The molecule has 2 aliphatic carbocycles. The van der Waals surface area contributed by atoms with Gasteiger partial charge in [0.15, 0.2) is 0 Å². The summed E-state index contributed by atoms with van der Waals surface area (Å²) in [6.45, 7) is 3.60. The number of hydrogen-bond acceptors (Lipinski definition) is 4. The van der Waals surface area contributed by atoms with Gasteiger partial charge in [-0.25, -0.2) is 0 Å². The molecular formula is C21H28N2O2. The molecule has 1 spiro atoms. The first-order chi connectivity index (χ1) is 12.2. The molecule has 2 aliphatic rings. The van der Waals surface area contributed by atoms with Crippen LogP contribution < -0.4 is 0 Å². The van der Waals surface area contributed by atoms with Crippen molar-refractivity contribution in [1.29, 1.82) is 5.26 Å². The number of aryl methyl sites for hydroxylation is 1. The molecule has 3 rings (SSSR count). The quantitative estimate of drug-likeness (QED) is 0.580. The molecule has 0 radical (unpaired) electrons. The van der Waals surface area contributed by atoms with Gasteiger partial charge in [0.1, 0.15) is 0 Å². The van der Waals surface area contributed by atoms with Gasteiger partial charge >= 0.3 is 0 Å². The normalized spacial score (nSPS) is 26.8. The van der Waals surface area contributed by atoms with E-state index >= 15 is 0 Å². The Morgan fingerprint density at radius 2 is 2.12 bits per heavy atom. The average molecular weight is 340 g/mol. The molecule has 0 aromatic heterocycles. The summed E-state index contributed by atoms with van der Waals surface area (Å²) in [5.41, 5.74) is 4.92. The zero-order chi connectivity index (χ0) is 17.7. The second kappa shape index (κ2) is 8.12. The van der Waals surface area contributed by atoms with Crippen molar-refractivity contribution >= 4 is 5.71 Å². The van der Waals surface area contributed by atoms with Crippen LogP contribution in [0, 0.1) is 16.9 Å². The molecule has 4 nitrogen and oxygen atoms in total. The first kappa shape index (κ1) is 18.1. The molecule has 0 N–H and O–H groups in total. The first-order valence-electron chi connectivity index (χ1n) is 9.42. The van der Waals surface area contributed by atoms with Crippen LogP contribution in [0.4, 0.5) is 0 Å². The molecule has 4 heteroatoms. The van der Waals surface area contributed by atoms with E-state index in [1.54, 1.807) is 7.11 Å². The molecule has 1 fully saturated rings. The topological polar surface area (TPSA) is 54.6 Å². The largest absolute Gasteiger partial charge is 0.382 e. The van der Waals surface area contributed by atoms with Crippen LogP contribution in [0.5, 0.6) is 0 Å². The number of fused-ring (bicyclic) bond motifs is 1. The number of methoxy groups -OCH3 is 1. The molecule has 0 bridgehead atoms. The summed E-state index contributed by atoms with van der Waals surface area (Å²) in [5, 5.41) is 9.26. The minimum absolute atomic E-state index is 0.0387. The van der Waals surface area contributed by atoms with E-state index in [1.807, 2.05) is 6.92 Å². The van der Waals surface area contributed by atoms with Crippen molar-refractivity contribution in [3.63, 3.8) is 0 Å². The maximum Gasteiger partial charge on any atom is 0.205 e. The van der Waals surface area contributed by atoms with E-state index < -0.39 is 0 Å². The fraction of sp³-hybridized carbons (Fsp3) is 0.619. The first-order valence-corrected chi connectivity index (χ1v) is 9.42. The molecular weight excluding hydrogens is 312 g/mol. The predicted molar refractivity (Wildman–Crippen MR) is 98.8 cm³/mol.